The molecule has 2 N–H and O–H groups in total. The maximum atomic E-state index is 12.5. The quantitative estimate of drug-likeness (QED) is 0.781. The lowest BCUT2D eigenvalue weighted by atomic mass is 9.78. The van der Waals surface area contributed by atoms with Crippen molar-refractivity contribution in [2.45, 2.75) is 39.7 Å². The minimum Gasteiger partial charge on any atom is -0.381 e. The summed E-state index contributed by atoms with van der Waals surface area (Å²) >= 11 is 0. The van der Waals surface area contributed by atoms with Gasteiger partial charge in [0.1, 0.15) is 0 Å². The first-order valence-corrected chi connectivity index (χ1v) is 6.16. The van der Waals surface area contributed by atoms with Crippen LogP contribution in [-0.4, -0.2) is 43.2 Å². The van der Waals surface area contributed by atoms with Crippen molar-refractivity contribution in [1.29, 1.82) is 0 Å². The molecule has 1 fully saturated rings. The number of amides is 1. The normalized spacial score (nSPS) is 19.8. The third-order valence-corrected chi connectivity index (χ3v) is 3.52. The number of hydrogen-bond acceptors (Lipinski definition) is 3. The van der Waals surface area contributed by atoms with E-state index in [2.05, 4.69) is 0 Å². The zero-order chi connectivity index (χ0) is 12.2. The van der Waals surface area contributed by atoms with Crippen LogP contribution in [0.3, 0.4) is 0 Å². The second kappa shape index (κ2) is 5.64. The summed E-state index contributed by atoms with van der Waals surface area (Å²) < 4.78 is 5.32. The van der Waals surface area contributed by atoms with Crippen molar-refractivity contribution < 1.29 is 9.53 Å². The molecule has 0 unspecified atom stereocenters. The van der Waals surface area contributed by atoms with Gasteiger partial charge >= 0.3 is 0 Å². The largest absolute Gasteiger partial charge is 0.381 e. The number of nitrogens with two attached hydrogens (primary N) is 1. The van der Waals surface area contributed by atoms with Crippen LogP contribution in [0.5, 0.6) is 0 Å². The highest BCUT2D eigenvalue weighted by Gasteiger charge is 2.41. The lowest BCUT2D eigenvalue weighted by Crippen LogP contribution is -2.52. The highest BCUT2D eigenvalue weighted by atomic mass is 16.5. The van der Waals surface area contributed by atoms with E-state index >= 15 is 0 Å². The van der Waals surface area contributed by atoms with Crippen LogP contribution in [0, 0.1) is 5.41 Å². The monoisotopic (exact) mass is 228 g/mol. The molecule has 1 amide bonds. The fraction of sp³-hybridized carbons (Fsp3) is 0.917. The first-order chi connectivity index (χ1) is 7.57. The average molecular weight is 228 g/mol. The number of nitrogens with zero attached hydrogens (tertiary/aromatic N) is 1. The molecule has 1 aliphatic rings. The van der Waals surface area contributed by atoms with Crippen LogP contribution in [0.25, 0.3) is 0 Å². The van der Waals surface area contributed by atoms with E-state index in [0.717, 1.165) is 19.4 Å². The van der Waals surface area contributed by atoms with Crippen LogP contribution < -0.4 is 5.73 Å². The number of hydrogen-bond donors (Lipinski definition) is 1. The third kappa shape index (κ3) is 2.55. The van der Waals surface area contributed by atoms with E-state index in [1.165, 1.54) is 0 Å². The van der Waals surface area contributed by atoms with E-state index in [1.807, 2.05) is 25.7 Å². The topological polar surface area (TPSA) is 55.6 Å². The zero-order valence-corrected chi connectivity index (χ0v) is 10.7. The summed E-state index contributed by atoms with van der Waals surface area (Å²) in [5, 5.41) is 0. The fourth-order valence-corrected chi connectivity index (χ4v) is 2.32. The number of carbonyl (C=O) groups excluding carboxylic acids is 1. The van der Waals surface area contributed by atoms with Gasteiger partial charge in [0.15, 0.2) is 0 Å². The van der Waals surface area contributed by atoms with E-state index in [-0.39, 0.29) is 17.4 Å². The minimum absolute atomic E-state index is 0.204. The summed E-state index contributed by atoms with van der Waals surface area (Å²) in [6, 6.07) is 0.240. The van der Waals surface area contributed by atoms with Gasteiger partial charge in [-0.25, -0.2) is 0 Å². The molecule has 94 valence electrons. The third-order valence-electron chi connectivity index (χ3n) is 3.52. The summed E-state index contributed by atoms with van der Waals surface area (Å²) in [5.74, 6) is 0.204. The maximum Gasteiger partial charge on any atom is 0.230 e. The molecule has 1 saturated heterocycles. The molecule has 1 rings (SSSR count). The minimum atomic E-state index is -0.376. The van der Waals surface area contributed by atoms with Crippen molar-refractivity contribution in [3.8, 4) is 0 Å². The molecule has 0 aromatic heterocycles. The Bertz CT molecular complexity index is 235. The van der Waals surface area contributed by atoms with Gasteiger partial charge in [-0.15, -0.1) is 0 Å². The first-order valence-electron chi connectivity index (χ1n) is 6.16. The Morgan fingerprint density at radius 2 is 2.00 bits per heavy atom. The van der Waals surface area contributed by atoms with E-state index in [9.17, 15) is 4.79 Å². The molecule has 1 aliphatic heterocycles. The molecule has 4 nitrogen and oxygen atoms in total. The first kappa shape index (κ1) is 13.5. The van der Waals surface area contributed by atoms with E-state index in [0.29, 0.717) is 19.8 Å². The molecule has 0 atom stereocenters. The van der Waals surface area contributed by atoms with Gasteiger partial charge in [-0.3, -0.25) is 4.79 Å². The second-order valence-corrected chi connectivity index (χ2v) is 4.78. The summed E-state index contributed by atoms with van der Waals surface area (Å²) in [4.78, 5) is 14.4. The Labute approximate surface area is 98.1 Å². The lowest BCUT2D eigenvalue weighted by molar-refractivity contribution is -0.148. The van der Waals surface area contributed by atoms with Crippen molar-refractivity contribution in [3.63, 3.8) is 0 Å². The zero-order valence-electron chi connectivity index (χ0n) is 10.7. The van der Waals surface area contributed by atoms with Crippen molar-refractivity contribution in [2.75, 3.05) is 26.3 Å². The van der Waals surface area contributed by atoms with Crippen LogP contribution in [0.15, 0.2) is 0 Å². The van der Waals surface area contributed by atoms with Gasteiger partial charge in [0.25, 0.3) is 0 Å². The number of rotatable bonds is 4. The van der Waals surface area contributed by atoms with Gasteiger partial charge < -0.3 is 15.4 Å². The molecule has 1 heterocycles. The van der Waals surface area contributed by atoms with Crippen molar-refractivity contribution >= 4 is 5.91 Å². The van der Waals surface area contributed by atoms with Crippen LogP contribution in [0.2, 0.25) is 0 Å². The predicted octanol–water partition coefficient (Wildman–Crippen LogP) is 0.999. The van der Waals surface area contributed by atoms with Crippen molar-refractivity contribution in [3.05, 3.63) is 0 Å². The molecule has 0 aromatic carbocycles. The fourth-order valence-electron chi connectivity index (χ4n) is 2.32. The molecule has 0 bridgehead atoms. The Morgan fingerprint density at radius 3 is 2.38 bits per heavy atom. The Hall–Kier alpha value is -0.610. The maximum absolute atomic E-state index is 12.5. The number of ether oxygens (including phenoxy) is 1. The summed E-state index contributed by atoms with van der Waals surface area (Å²) in [7, 11) is 0. The van der Waals surface area contributed by atoms with Crippen LogP contribution in [0.4, 0.5) is 0 Å². The van der Waals surface area contributed by atoms with Crippen molar-refractivity contribution in [1.82, 2.24) is 4.90 Å². The average Bonchev–Trinajstić information content (AvgIpc) is 2.30. The molecule has 0 aromatic rings. The molecule has 0 saturated carbocycles. The second-order valence-electron chi connectivity index (χ2n) is 4.78. The SMILES string of the molecule is CCN(C(=O)C1(CN)CCOCC1)C(C)C. The predicted molar refractivity (Wildman–Crippen MR) is 64.1 cm³/mol. The molecule has 0 spiro atoms. The molecule has 0 aliphatic carbocycles. The van der Waals surface area contributed by atoms with Gasteiger partial charge in [-0.1, -0.05) is 0 Å². The van der Waals surface area contributed by atoms with E-state index in [4.69, 9.17) is 10.5 Å². The molecular formula is C12H24N2O2. The lowest BCUT2D eigenvalue weighted by Gasteiger charge is -2.40. The van der Waals surface area contributed by atoms with Gasteiger partial charge in [0.2, 0.25) is 5.91 Å². The highest BCUT2D eigenvalue weighted by Crippen LogP contribution is 2.32. The van der Waals surface area contributed by atoms with Crippen LogP contribution in [-0.2, 0) is 9.53 Å². The van der Waals surface area contributed by atoms with Gasteiger partial charge in [0, 0.05) is 32.3 Å². The highest BCUT2D eigenvalue weighted by molar-refractivity contribution is 5.83. The standard InChI is InChI=1S/C12H24N2O2/c1-4-14(10(2)3)11(15)12(9-13)5-7-16-8-6-12/h10H,4-9,13H2,1-3H3. The van der Waals surface area contributed by atoms with Gasteiger partial charge in [0.05, 0.1) is 5.41 Å². The molecule has 0 radical (unpaired) electrons. The van der Waals surface area contributed by atoms with E-state index < -0.39 is 0 Å². The van der Waals surface area contributed by atoms with Crippen LogP contribution >= 0.6 is 0 Å². The summed E-state index contributed by atoms with van der Waals surface area (Å²) in [5.41, 5.74) is 5.45. The molecule has 16 heavy (non-hydrogen) atoms. The Morgan fingerprint density at radius 1 is 1.44 bits per heavy atom. The summed E-state index contributed by atoms with van der Waals surface area (Å²) in [6.07, 6.45) is 1.51. The molecular weight excluding hydrogens is 204 g/mol. The van der Waals surface area contributed by atoms with Gasteiger partial charge in [-0.2, -0.15) is 0 Å². The summed E-state index contributed by atoms with van der Waals surface area (Å²) in [6.45, 7) is 8.59. The van der Waals surface area contributed by atoms with E-state index in [1.54, 1.807) is 0 Å². The Kier molecular flexibility index (Phi) is 4.74. The number of carbonyl (C=O) groups is 1. The van der Waals surface area contributed by atoms with Crippen LogP contribution in [0.1, 0.15) is 33.6 Å². The van der Waals surface area contributed by atoms with Gasteiger partial charge in [-0.05, 0) is 33.6 Å². The van der Waals surface area contributed by atoms with Crippen molar-refractivity contribution in [2.24, 2.45) is 11.1 Å². The Balaban J connectivity index is 2.81. The molecule has 4 heteroatoms. The smallest absolute Gasteiger partial charge is 0.230 e.